The topological polar surface area (TPSA) is 53.1 Å². The Morgan fingerprint density at radius 3 is 2.67 bits per heavy atom. The van der Waals surface area contributed by atoms with Gasteiger partial charge in [0.2, 0.25) is 0 Å². The number of nitrogens with zero attached hydrogens (tertiary/aromatic N) is 2. The third-order valence-corrected chi connectivity index (χ3v) is 3.81. The van der Waals surface area contributed by atoms with Crippen LogP contribution in [-0.2, 0) is 13.0 Å². The molecule has 21 heavy (non-hydrogen) atoms. The lowest BCUT2D eigenvalue weighted by Gasteiger charge is -2.15. The maximum Gasteiger partial charge on any atom is 0.118 e. The van der Waals surface area contributed by atoms with Crippen LogP contribution in [0.5, 0.6) is 5.75 Å². The molecule has 1 aromatic carbocycles. The van der Waals surface area contributed by atoms with Gasteiger partial charge >= 0.3 is 0 Å². The lowest BCUT2D eigenvalue weighted by Crippen LogP contribution is -2.17. The van der Waals surface area contributed by atoms with E-state index in [0.29, 0.717) is 5.02 Å². The fourth-order valence-electron chi connectivity index (χ4n) is 2.38. The average Bonchev–Trinajstić information content (AvgIpc) is 2.86. The number of methoxy groups -OCH3 is 1. The Morgan fingerprint density at radius 1 is 1.33 bits per heavy atom. The van der Waals surface area contributed by atoms with Gasteiger partial charge in [-0.1, -0.05) is 30.7 Å². The van der Waals surface area contributed by atoms with Crippen LogP contribution in [0, 0.1) is 0 Å². The van der Waals surface area contributed by atoms with E-state index >= 15 is 0 Å². The van der Waals surface area contributed by atoms with Gasteiger partial charge in [-0.25, -0.2) is 0 Å². The number of nitrogens with two attached hydrogens (primary N) is 1. The highest BCUT2D eigenvalue weighted by atomic mass is 35.5. The molecule has 0 radical (unpaired) electrons. The minimum atomic E-state index is -0.103. The summed E-state index contributed by atoms with van der Waals surface area (Å²) in [6.45, 7) is 2.96. The fraction of sp³-hybridized carbons (Fsp3) is 0.438. The predicted octanol–water partition coefficient (Wildman–Crippen LogP) is 3.59. The van der Waals surface area contributed by atoms with Gasteiger partial charge in [0, 0.05) is 12.6 Å². The summed E-state index contributed by atoms with van der Waals surface area (Å²) >= 11 is 6.22. The van der Waals surface area contributed by atoms with E-state index < -0.39 is 0 Å². The highest BCUT2D eigenvalue weighted by Crippen LogP contribution is 2.25. The number of hydrogen-bond donors (Lipinski definition) is 1. The second-order valence-electron chi connectivity index (χ2n) is 5.09. The van der Waals surface area contributed by atoms with Crippen molar-refractivity contribution in [1.82, 2.24) is 9.78 Å². The van der Waals surface area contributed by atoms with Gasteiger partial charge in [-0.2, -0.15) is 5.10 Å². The molecule has 0 aliphatic heterocycles. The van der Waals surface area contributed by atoms with Gasteiger partial charge in [0.25, 0.3) is 0 Å². The highest BCUT2D eigenvalue weighted by molar-refractivity contribution is 6.31. The average molecular weight is 308 g/mol. The Kier molecular flexibility index (Phi) is 5.65. The molecule has 0 saturated heterocycles. The summed E-state index contributed by atoms with van der Waals surface area (Å²) in [6, 6.07) is 7.96. The van der Waals surface area contributed by atoms with E-state index in [0.717, 1.165) is 37.3 Å². The van der Waals surface area contributed by atoms with E-state index in [2.05, 4.69) is 24.2 Å². The zero-order valence-corrected chi connectivity index (χ0v) is 13.3. The van der Waals surface area contributed by atoms with Crippen molar-refractivity contribution >= 4 is 11.6 Å². The van der Waals surface area contributed by atoms with Crippen LogP contribution in [0.4, 0.5) is 0 Å². The molecule has 0 spiro atoms. The smallest absolute Gasteiger partial charge is 0.118 e. The molecule has 5 heteroatoms. The molecule has 1 heterocycles. The van der Waals surface area contributed by atoms with Gasteiger partial charge in [-0.3, -0.25) is 4.68 Å². The molecule has 0 amide bonds. The maximum absolute atomic E-state index is 6.31. The molecular formula is C16H22ClN3O. The molecule has 1 aromatic heterocycles. The van der Waals surface area contributed by atoms with Crippen LogP contribution in [0.15, 0.2) is 30.5 Å². The first-order chi connectivity index (χ1) is 10.2. The van der Waals surface area contributed by atoms with E-state index in [1.807, 2.05) is 16.8 Å². The van der Waals surface area contributed by atoms with Gasteiger partial charge < -0.3 is 10.5 Å². The number of hydrogen-bond acceptors (Lipinski definition) is 3. The minimum Gasteiger partial charge on any atom is -0.497 e. The van der Waals surface area contributed by atoms with Crippen molar-refractivity contribution < 1.29 is 4.74 Å². The molecule has 1 atom stereocenters. The molecule has 0 saturated carbocycles. The normalized spacial score (nSPS) is 12.4. The van der Waals surface area contributed by atoms with Crippen molar-refractivity contribution in [1.29, 1.82) is 0 Å². The van der Waals surface area contributed by atoms with E-state index in [1.165, 1.54) is 5.56 Å². The molecule has 2 N–H and O–H groups in total. The summed E-state index contributed by atoms with van der Waals surface area (Å²) in [6.07, 6.45) is 4.43. The van der Waals surface area contributed by atoms with Crippen molar-refractivity contribution in [2.45, 2.75) is 38.8 Å². The van der Waals surface area contributed by atoms with Crippen LogP contribution in [0.25, 0.3) is 0 Å². The van der Waals surface area contributed by atoms with Gasteiger partial charge in [-0.15, -0.1) is 0 Å². The van der Waals surface area contributed by atoms with Crippen molar-refractivity contribution in [3.8, 4) is 5.75 Å². The van der Waals surface area contributed by atoms with Crippen LogP contribution in [0.1, 0.15) is 37.1 Å². The lowest BCUT2D eigenvalue weighted by molar-refractivity contribution is 0.414. The SMILES string of the molecule is CCCn1ncc(Cl)c1C(N)CCc1ccc(OC)cc1. The molecule has 0 fully saturated rings. The third kappa shape index (κ3) is 3.99. The summed E-state index contributed by atoms with van der Waals surface area (Å²) in [5.74, 6) is 0.868. The molecule has 0 bridgehead atoms. The van der Waals surface area contributed by atoms with Gasteiger partial charge in [0.1, 0.15) is 5.75 Å². The minimum absolute atomic E-state index is 0.103. The monoisotopic (exact) mass is 307 g/mol. The van der Waals surface area contributed by atoms with Gasteiger partial charge in [-0.05, 0) is 37.0 Å². The zero-order chi connectivity index (χ0) is 15.2. The first-order valence-electron chi connectivity index (χ1n) is 7.25. The van der Waals surface area contributed by atoms with Crippen molar-refractivity contribution in [2.24, 2.45) is 5.73 Å². The van der Waals surface area contributed by atoms with E-state index in [-0.39, 0.29) is 6.04 Å². The van der Waals surface area contributed by atoms with Crippen LogP contribution in [-0.4, -0.2) is 16.9 Å². The van der Waals surface area contributed by atoms with E-state index in [9.17, 15) is 0 Å². The quantitative estimate of drug-likeness (QED) is 0.850. The van der Waals surface area contributed by atoms with Crippen LogP contribution in [0.3, 0.4) is 0 Å². The Hall–Kier alpha value is -1.52. The largest absolute Gasteiger partial charge is 0.497 e. The van der Waals surface area contributed by atoms with Crippen molar-refractivity contribution in [2.75, 3.05) is 7.11 Å². The molecule has 114 valence electrons. The van der Waals surface area contributed by atoms with Crippen molar-refractivity contribution in [3.63, 3.8) is 0 Å². The molecule has 2 rings (SSSR count). The van der Waals surface area contributed by atoms with E-state index in [1.54, 1.807) is 13.3 Å². The Labute approximate surface area is 130 Å². The summed E-state index contributed by atoms with van der Waals surface area (Å²) in [4.78, 5) is 0. The highest BCUT2D eigenvalue weighted by Gasteiger charge is 2.16. The first-order valence-corrected chi connectivity index (χ1v) is 7.63. The first kappa shape index (κ1) is 15.9. The molecular weight excluding hydrogens is 286 g/mol. The third-order valence-electron chi connectivity index (χ3n) is 3.52. The standard InChI is InChI=1S/C16H22ClN3O/c1-3-10-20-16(14(17)11-19-20)15(18)9-6-12-4-7-13(21-2)8-5-12/h4-5,7-8,11,15H,3,6,9-10,18H2,1-2H3. The summed E-state index contributed by atoms with van der Waals surface area (Å²) in [7, 11) is 1.67. The molecule has 2 aromatic rings. The molecule has 4 nitrogen and oxygen atoms in total. The summed E-state index contributed by atoms with van der Waals surface area (Å²) in [5, 5.41) is 4.95. The van der Waals surface area contributed by atoms with Gasteiger partial charge in [0.05, 0.1) is 24.0 Å². The fourth-order valence-corrected chi connectivity index (χ4v) is 2.66. The molecule has 0 aliphatic carbocycles. The molecule has 0 aliphatic rings. The maximum atomic E-state index is 6.31. The number of ether oxygens (including phenoxy) is 1. The van der Waals surface area contributed by atoms with Gasteiger partial charge in [0.15, 0.2) is 0 Å². The lowest BCUT2D eigenvalue weighted by atomic mass is 10.0. The van der Waals surface area contributed by atoms with Crippen LogP contribution in [0.2, 0.25) is 5.02 Å². The Morgan fingerprint density at radius 2 is 2.05 bits per heavy atom. The molecule has 1 unspecified atom stereocenters. The second-order valence-corrected chi connectivity index (χ2v) is 5.50. The summed E-state index contributed by atoms with van der Waals surface area (Å²) < 4.78 is 7.08. The predicted molar refractivity (Wildman–Crippen MR) is 85.8 cm³/mol. The van der Waals surface area contributed by atoms with Crippen LogP contribution >= 0.6 is 11.6 Å². The Bertz CT molecular complexity index is 565. The number of halogens is 1. The number of rotatable bonds is 7. The van der Waals surface area contributed by atoms with Crippen molar-refractivity contribution in [3.05, 3.63) is 46.7 Å². The van der Waals surface area contributed by atoms with E-state index in [4.69, 9.17) is 22.1 Å². The zero-order valence-electron chi connectivity index (χ0n) is 12.6. The van der Waals surface area contributed by atoms with Crippen LogP contribution < -0.4 is 10.5 Å². The number of benzene rings is 1. The number of aromatic nitrogens is 2. The summed E-state index contributed by atoms with van der Waals surface area (Å²) in [5.41, 5.74) is 8.48. The Balaban J connectivity index is 2.00. The number of aryl methyl sites for hydroxylation is 2. The second kappa shape index (κ2) is 7.48.